The van der Waals surface area contributed by atoms with E-state index in [4.69, 9.17) is 0 Å². The molecule has 1 saturated heterocycles. The Morgan fingerprint density at radius 3 is 2.39 bits per heavy atom. The monoisotopic (exact) mass is 441 g/mol. The molecule has 0 aromatic heterocycles. The number of nitrogens with zero attached hydrogens (tertiary/aromatic N) is 2. The third kappa shape index (κ3) is 4.36. The van der Waals surface area contributed by atoms with Crippen molar-refractivity contribution >= 4 is 33.2 Å². The van der Waals surface area contributed by atoms with Gasteiger partial charge in [0, 0.05) is 43.0 Å². The van der Waals surface area contributed by atoms with Crippen molar-refractivity contribution in [2.45, 2.75) is 43.9 Å². The van der Waals surface area contributed by atoms with Gasteiger partial charge in [-0.15, -0.1) is 0 Å². The van der Waals surface area contributed by atoms with Gasteiger partial charge in [-0.25, -0.2) is 8.42 Å². The highest BCUT2D eigenvalue weighted by atomic mass is 32.2. The van der Waals surface area contributed by atoms with E-state index in [1.54, 1.807) is 23.1 Å². The van der Waals surface area contributed by atoms with Crippen LogP contribution in [0.25, 0.3) is 0 Å². The van der Waals surface area contributed by atoms with Crippen LogP contribution < -0.4 is 10.2 Å². The van der Waals surface area contributed by atoms with E-state index in [1.807, 2.05) is 19.1 Å². The first-order valence-electron chi connectivity index (χ1n) is 10.7. The molecule has 0 saturated carbocycles. The average molecular weight is 442 g/mol. The van der Waals surface area contributed by atoms with Crippen LogP contribution in [0, 0.1) is 0 Å². The number of aryl methyl sites for hydroxylation is 1. The Bertz CT molecular complexity index is 1090. The van der Waals surface area contributed by atoms with Gasteiger partial charge in [-0.3, -0.25) is 9.59 Å². The van der Waals surface area contributed by atoms with Crippen LogP contribution in [0.1, 0.15) is 48.5 Å². The van der Waals surface area contributed by atoms with Crippen LogP contribution >= 0.6 is 0 Å². The number of sulfonamides is 1. The fourth-order valence-electron chi connectivity index (χ4n) is 4.22. The lowest BCUT2D eigenvalue weighted by atomic mass is 10.0. The van der Waals surface area contributed by atoms with Gasteiger partial charge in [-0.1, -0.05) is 6.42 Å². The van der Waals surface area contributed by atoms with Crippen molar-refractivity contribution in [1.82, 2.24) is 4.31 Å². The van der Waals surface area contributed by atoms with Gasteiger partial charge in [-0.05, 0) is 74.2 Å². The average Bonchev–Trinajstić information content (AvgIpc) is 2.80. The van der Waals surface area contributed by atoms with E-state index < -0.39 is 10.0 Å². The summed E-state index contributed by atoms with van der Waals surface area (Å²) in [6.07, 6.45) is 3.93. The molecule has 0 spiro atoms. The molecule has 2 heterocycles. The van der Waals surface area contributed by atoms with E-state index in [9.17, 15) is 18.0 Å². The van der Waals surface area contributed by atoms with Gasteiger partial charge in [0.2, 0.25) is 15.9 Å². The summed E-state index contributed by atoms with van der Waals surface area (Å²) in [6, 6.07) is 11.6. The van der Waals surface area contributed by atoms with Crippen LogP contribution in [-0.2, 0) is 21.2 Å². The number of anilines is 2. The van der Waals surface area contributed by atoms with Crippen molar-refractivity contribution in [3.63, 3.8) is 0 Å². The van der Waals surface area contributed by atoms with Crippen molar-refractivity contribution in [1.29, 1.82) is 0 Å². The summed E-state index contributed by atoms with van der Waals surface area (Å²) in [6.45, 7) is 3.65. The fourth-order valence-corrected chi connectivity index (χ4v) is 5.74. The number of rotatable bonds is 5. The maximum absolute atomic E-state index is 12.8. The topological polar surface area (TPSA) is 86.8 Å². The number of piperidine rings is 1. The van der Waals surface area contributed by atoms with E-state index in [1.165, 1.54) is 16.4 Å². The molecule has 2 amide bonds. The minimum absolute atomic E-state index is 0.117. The Balaban J connectivity index is 1.47. The van der Waals surface area contributed by atoms with E-state index in [2.05, 4.69) is 5.32 Å². The van der Waals surface area contributed by atoms with Gasteiger partial charge >= 0.3 is 0 Å². The maximum atomic E-state index is 12.8. The van der Waals surface area contributed by atoms with E-state index >= 15 is 0 Å². The Morgan fingerprint density at radius 1 is 1.00 bits per heavy atom. The first-order chi connectivity index (χ1) is 14.9. The quantitative estimate of drug-likeness (QED) is 0.770. The zero-order chi connectivity index (χ0) is 22.0. The van der Waals surface area contributed by atoms with Gasteiger partial charge < -0.3 is 10.2 Å². The van der Waals surface area contributed by atoms with Crippen molar-refractivity contribution in [2.75, 3.05) is 29.9 Å². The lowest BCUT2D eigenvalue weighted by molar-refractivity contribution is -0.118. The van der Waals surface area contributed by atoms with Crippen LogP contribution in [-0.4, -0.2) is 44.2 Å². The first kappa shape index (κ1) is 21.5. The Morgan fingerprint density at radius 2 is 1.71 bits per heavy atom. The van der Waals surface area contributed by atoms with Crippen LogP contribution in [0.3, 0.4) is 0 Å². The number of nitrogens with one attached hydrogen (secondary N) is 1. The lowest BCUT2D eigenvalue weighted by Gasteiger charge is -2.28. The molecular weight excluding hydrogens is 414 g/mol. The summed E-state index contributed by atoms with van der Waals surface area (Å²) < 4.78 is 27.1. The van der Waals surface area contributed by atoms with Crippen LogP contribution in [0.15, 0.2) is 47.4 Å². The molecule has 2 aromatic carbocycles. The van der Waals surface area contributed by atoms with Gasteiger partial charge in [0.1, 0.15) is 0 Å². The SMILES string of the molecule is CCN1C(=O)CCc2cc(NC(=O)c3ccc(S(=O)(=O)N4CCCCC4)cc3)ccc21. The normalized spacial score (nSPS) is 17.3. The van der Waals surface area contributed by atoms with Crippen molar-refractivity contribution in [3.05, 3.63) is 53.6 Å². The molecule has 0 aliphatic carbocycles. The number of benzene rings is 2. The molecule has 8 heteroatoms. The van der Waals surface area contributed by atoms with E-state index in [0.29, 0.717) is 43.7 Å². The molecule has 0 radical (unpaired) electrons. The van der Waals surface area contributed by atoms with Crippen molar-refractivity contribution in [2.24, 2.45) is 0 Å². The predicted octanol–water partition coefficient (Wildman–Crippen LogP) is 3.41. The second-order valence-electron chi connectivity index (χ2n) is 7.92. The second kappa shape index (κ2) is 8.80. The van der Waals surface area contributed by atoms with Crippen molar-refractivity contribution < 1.29 is 18.0 Å². The largest absolute Gasteiger partial charge is 0.322 e. The predicted molar refractivity (Wildman–Crippen MR) is 120 cm³/mol. The summed E-state index contributed by atoms with van der Waals surface area (Å²) in [7, 11) is -3.52. The van der Waals surface area contributed by atoms with Crippen LogP contribution in [0.4, 0.5) is 11.4 Å². The molecule has 0 atom stereocenters. The molecule has 2 aliphatic heterocycles. The highest BCUT2D eigenvalue weighted by Crippen LogP contribution is 2.30. The highest BCUT2D eigenvalue weighted by Gasteiger charge is 2.26. The number of amides is 2. The summed E-state index contributed by atoms with van der Waals surface area (Å²) in [5, 5.41) is 2.87. The first-order valence-corrected chi connectivity index (χ1v) is 12.2. The molecule has 2 aromatic rings. The molecule has 2 aliphatic rings. The standard InChI is InChI=1S/C23H27N3O4S/c1-2-26-21-12-9-19(16-18(21)8-13-22(26)27)24-23(28)17-6-10-20(11-7-17)31(29,30)25-14-4-3-5-15-25/h6-7,9-12,16H,2-5,8,13-15H2,1H3,(H,24,28). The van der Waals surface area contributed by atoms with E-state index in [-0.39, 0.29) is 16.7 Å². The third-order valence-electron chi connectivity index (χ3n) is 5.92. The summed E-state index contributed by atoms with van der Waals surface area (Å²) in [5.41, 5.74) is 2.96. The molecule has 1 fully saturated rings. The minimum Gasteiger partial charge on any atom is -0.322 e. The number of carbonyl (C=O) groups is 2. The molecule has 1 N–H and O–H groups in total. The van der Waals surface area contributed by atoms with Crippen LogP contribution in [0.5, 0.6) is 0 Å². The smallest absolute Gasteiger partial charge is 0.255 e. The number of carbonyl (C=O) groups excluding carboxylic acids is 2. The van der Waals surface area contributed by atoms with Crippen molar-refractivity contribution in [3.8, 4) is 0 Å². The molecule has 31 heavy (non-hydrogen) atoms. The van der Waals surface area contributed by atoms with Gasteiger partial charge in [0.05, 0.1) is 4.90 Å². The van der Waals surface area contributed by atoms with E-state index in [0.717, 1.165) is 30.5 Å². The Hall–Kier alpha value is -2.71. The highest BCUT2D eigenvalue weighted by molar-refractivity contribution is 7.89. The fraction of sp³-hybridized carbons (Fsp3) is 0.391. The summed E-state index contributed by atoms with van der Waals surface area (Å²) >= 11 is 0. The van der Waals surface area contributed by atoms with Gasteiger partial charge in [0.25, 0.3) is 5.91 Å². The van der Waals surface area contributed by atoms with Gasteiger partial charge in [0.15, 0.2) is 0 Å². The Labute approximate surface area is 183 Å². The molecule has 164 valence electrons. The molecule has 0 unspecified atom stereocenters. The molecule has 4 rings (SSSR count). The summed E-state index contributed by atoms with van der Waals surface area (Å²) in [4.78, 5) is 26.7. The lowest BCUT2D eigenvalue weighted by Crippen LogP contribution is -2.35. The number of hydrogen-bond acceptors (Lipinski definition) is 4. The minimum atomic E-state index is -3.52. The Kier molecular flexibility index (Phi) is 6.11. The van der Waals surface area contributed by atoms with Crippen LogP contribution in [0.2, 0.25) is 0 Å². The maximum Gasteiger partial charge on any atom is 0.255 e. The van der Waals surface area contributed by atoms with Gasteiger partial charge in [-0.2, -0.15) is 4.31 Å². The number of hydrogen-bond donors (Lipinski definition) is 1. The zero-order valence-electron chi connectivity index (χ0n) is 17.6. The third-order valence-corrected chi connectivity index (χ3v) is 7.84. The zero-order valence-corrected chi connectivity index (χ0v) is 18.5. The molecule has 0 bridgehead atoms. The molecule has 7 nitrogen and oxygen atoms in total. The molecular formula is C23H27N3O4S. The summed E-state index contributed by atoms with van der Waals surface area (Å²) in [5.74, 6) is -0.188. The second-order valence-corrected chi connectivity index (χ2v) is 9.86. The number of fused-ring (bicyclic) bond motifs is 1.